The second kappa shape index (κ2) is 9.62. The zero-order chi connectivity index (χ0) is 13.1. The van der Waals surface area contributed by atoms with E-state index in [9.17, 15) is 9.59 Å². The lowest BCUT2D eigenvalue weighted by atomic mass is 10.1. The molecule has 6 nitrogen and oxygen atoms in total. The number of carboxylic acids is 1. The van der Waals surface area contributed by atoms with Gasteiger partial charge in [-0.1, -0.05) is 13.3 Å². The van der Waals surface area contributed by atoms with Crippen LogP contribution >= 0.6 is 0 Å². The van der Waals surface area contributed by atoms with Gasteiger partial charge in [0.1, 0.15) is 0 Å². The Labute approximate surface area is 101 Å². The quantitative estimate of drug-likeness (QED) is 0.327. The minimum Gasteiger partial charge on any atom is -0.481 e. The number of nitrogens with two attached hydrogens (primary N) is 1. The van der Waals surface area contributed by atoms with E-state index >= 15 is 0 Å². The van der Waals surface area contributed by atoms with Gasteiger partial charge in [0, 0.05) is 12.1 Å². The molecule has 2 amide bonds. The highest BCUT2D eigenvalue weighted by Crippen LogP contribution is 2.06. The number of primary amides is 1. The third kappa shape index (κ3) is 10.7. The van der Waals surface area contributed by atoms with Crippen LogP contribution in [0.15, 0.2) is 5.10 Å². The van der Waals surface area contributed by atoms with E-state index in [-0.39, 0.29) is 6.42 Å². The van der Waals surface area contributed by atoms with Crippen molar-refractivity contribution in [3.05, 3.63) is 0 Å². The molecular formula is C11H21N3O3. The molecule has 0 heterocycles. The number of urea groups is 1. The molecule has 0 spiro atoms. The minimum atomic E-state index is -0.785. The van der Waals surface area contributed by atoms with Crippen molar-refractivity contribution in [2.24, 2.45) is 10.8 Å². The van der Waals surface area contributed by atoms with Crippen molar-refractivity contribution < 1.29 is 14.7 Å². The summed E-state index contributed by atoms with van der Waals surface area (Å²) in [6, 6.07) is -0.676. The van der Waals surface area contributed by atoms with E-state index in [1.54, 1.807) is 0 Å². The zero-order valence-corrected chi connectivity index (χ0v) is 10.2. The predicted molar refractivity (Wildman–Crippen MR) is 65.8 cm³/mol. The highest BCUT2D eigenvalue weighted by molar-refractivity contribution is 5.85. The molecule has 0 saturated carbocycles. The van der Waals surface area contributed by atoms with Crippen LogP contribution in [0.1, 0.15) is 51.9 Å². The Morgan fingerprint density at radius 2 is 1.76 bits per heavy atom. The molecule has 0 fully saturated rings. The maximum atomic E-state index is 10.5. The number of carbonyl (C=O) groups is 2. The molecule has 0 saturated heterocycles. The predicted octanol–water partition coefficient (Wildman–Crippen LogP) is 1.85. The van der Waals surface area contributed by atoms with Crippen LogP contribution in [0.4, 0.5) is 4.79 Å². The summed E-state index contributed by atoms with van der Waals surface area (Å²) in [5.74, 6) is -0.785. The Morgan fingerprint density at radius 3 is 2.29 bits per heavy atom. The smallest absolute Gasteiger partial charge is 0.332 e. The van der Waals surface area contributed by atoms with Crippen LogP contribution in [0.3, 0.4) is 0 Å². The fourth-order valence-corrected chi connectivity index (χ4v) is 1.36. The number of hydrogen-bond donors (Lipinski definition) is 3. The van der Waals surface area contributed by atoms with Gasteiger partial charge in [0.05, 0.1) is 0 Å². The fraction of sp³-hybridized carbons (Fsp3) is 0.727. The molecule has 0 rings (SSSR count). The normalized spacial score (nSPS) is 11.2. The first kappa shape index (κ1) is 15.4. The van der Waals surface area contributed by atoms with Crippen LogP contribution < -0.4 is 11.2 Å². The number of nitrogens with zero attached hydrogens (tertiary/aromatic N) is 1. The average Bonchev–Trinajstić information content (AvgIpc) is 2.26. The summed E-state index contributed by atoms with van der Waals surface area (Å²) in [6.07, 6.45) is 5.11. The molecule has 0 aromatic rings. The van der Waals surface area contributed by atoms with Crippen molar-refractivity contribution in [1.29, 1.82) is 0 Å². The van der Waals surface area contributed by atoms with Crippen LogP contribution in [-0.4, -0.2) is 22.8 Å². The highest BCUT2D eigenvalue weighted by Gasteiger charge is 2.02. The van der Waals surface area contributed by atoms with Crippen molar-refractivity contribution in [1.82, 2.24) is 5.43 Å². The average molecular weight is 243 g/mol. The summed E-state index contributed by atoms with van der Waals surface area (Å²) < 4.78 is 0. The first-order valence-electron chi connectivity index (χ1n) is 5.89. The molecule has 6 heteroatoms. The molecule has 0 bridgehead atoms. The van der Waals surface area contributed by atoms with Gasteiger partial charge in [-0.05, 0) is 32.1 Å². The summed E-state index contributed by atoms with van der Waals surface area (Å²) >= 11 is 0. The standard InChI is InChI=1S/C11H21N3O3/c1-2-3-6-9(13-14-11(12)17)7-4-5-8-10(15)16/h2-8H2,1H3,(H,15,16)(H3,12,14,17). The largest absolute Gasteiger partial charge is 0.481 e. The number of rotatable bonds is 9. The van der Waals surface area contributed by atoms with E-state index in [1.807, 2.05) is 0 Å². The molecule has 0 aliphatic carbocycles. The number of aliphatic carboxylic acids is 1. The zero-order valence-electron chi connectivity index (χ0n) is 10.2. The lowest BCUT2D eigenvalue weighted by Crippen LogP contribution is -2.25. The van der Waals surface area contributed by atoms with Crippen molar-refractivity contribution >= 4 is 17.7 Å². The van der Waals surface area contributed by atoms with Crippen LogP contribution in [-0.2, 0) is 4.79 Å². The Hall–Kier alpha value is -1.59. The molecule has 0 aromatic carbocycles. The highest BCUT2D eigenvalue weighted by atomic mass is 16.4. The van der Waals surface area contributed by atoms with Crippen LogP contribution in [0.25, 0.3) is 0 Å². The maximum Gasteiger partial charge on any atom is 0.332 e. The Balaban J connectivity index is 3.96. The van der Waals surface area contributed by atoms with Crippen LogP contribution in [0.5, 0.6) is 0 Å². The lowest BCUT2D eigenvalue weighted by Gasteiger charge is -2.05. The van der Waals surface area contributed by atoms with Gasteiger partial charge in [0.25, 0.3) is 0 Å². The second-order valence-corrected chi connectivity index (χ2v) is 3.86. The number of amides is 2. The fourth-order valence-electron chi connectivity index (χ4n) is 1.36. The summed E-state index contributed by atoms with van der Waals surface area (Å²) in [5.41, 5.74) is 8.02. The first-order chi connectivity index (χ1) is 8.06. The van der Waals surface area contributed by atoms with Crippen molar-refractivity contribution in [2.45, 2.75) is 51.9 Å². The molecule has 17 heavy (non-hydrogen) atoms. The topological polar surface area (TPSA) is 105 Å². The third-order valence-corrected chi connectivity index (χ3v) is 2.25. The Morgan fingerprint density at radius 1 is 1.18 bits per heavy atom. The van der Waals surface area contributed by atoms with Gasteiger partial charge in [0.2, 0.25) is 0 Å². The molecule has 0 atom stereocenters. The molecule has 0 aliphatic heterocycles. The van der Waals surface area contributed by atoms with E-state index < -0.39 is 12.0 Å². The molecule has 0 aliphatic rings. The van der Waals surface area contributed by atoms with Gasteiger partial charge in [-0.25, -0.2) is 10.2 Å². The molecule has 0 unspecified atom stereocenters. The molecule has 98 valence electrons. The van der Waals surface area contributed by atoms with E-state index in [2.05, 4.69) is 17.5 Å². The lowest BCUT2D eigenvalue weighted by molar-refractivity contribution is -0.137. The number of carboxylic acid groups (broad SMARTS) is 1. The Kier molecular flexibility index (Phi) is 8.72. The van der Waals surface area contributed by atoms with Crippen LogP contribution in [0, 0.1) is 0 Å². The number of unbranched alkanes of at least 4 members (excludes halogenated alkanes) is 2. The summed E-state index contributed by atoms with van der Waals surface area (Å²) in [4.78, 5) is 20.9. The van der Waals surface area contributed by atoms with E-state index in [1.165, 1.54) is 0 Å². The monoisotopic (exact) mass is 243 g/mol. The Bertz CT molecular complexity index is 277. The summed E-state index contributed by atoms with van der Waals surface area (Å²) in [6.45, 7) is 2.07. The van der Waals surface area contributed by atoms with E-state index in [0.29, 0.717) is 12.8 Å². The van der Waals surface area contributed by atoms with Gasteiger partial charge in [0.15, 0.2) is 0 Å². The molecule has 0 aromatic heterocycles. The summed E-state index contributed by atoms with van der Waals surface area (Å²) in [7, 11) is 0. The third-order valence-electron chi connectivity index (χ3n) is 2.25. The van der Waals surface area contributed by atoms with Crippen molar-refractivity contribution in [2.75, 3.05) is 0 Å². The van der Waals surface area contributed by atoms with E-state index in [0.717, 1.165) is 31.4 Å². The number of nitrogens with one attached hydrogen (secondary N) is 1. The number of carbonyl (C=O) groups excluding carboxylic acids is 1. The maximum absolute atomic E-state index is 10.5. The number of hydrazone groups is 1. The van der Waals surface area contributed by atoms with Gasteiger partial charge in [-0.15, -0.1) is 0 Å². The summed E-state index contributed by atoms with van der Waals surface area (Å²) in [5, 5.41) is 12.4. The van der Waals surface area contributed by atoms with Crippen molar-refractivity contribution in [3.8, 4) is 0 Å². The SMILES string of the molecule is CCCCC(CCCCC(=O)O)=NNC(N)=O. The molecule has 0 radical (unpaired) electrons. The molecule has 4 N–H and O–H groups in total. The van der Waals surface area contributed by atoms with Crippen LogP contribution in [0.2, 0.25) is 0 Å². The van der Waals surface area contributed by atoms with Gasteiger partial charge < -0.3 is 10.8 Å². The van der Waals surface area contributed by atoms with E-state index in [4.69, 9.17) is 10.8 Å². The molecular weight excluding hydrogens is 222 g/mol. The second-order valence-electron chi connectivity index (χ2n) is 3.86. The first-order valence-corrected chi connectivity index (χ1v) is 5.89. The van der Waals surface area contributed by atoms with Gasteiger partial charge >= 0.3 is 12.0 Å². The minimum absolute atomic E-state index is 0.171. The number of hydrogen-bond acceptors (Lipinski definition) is 3. The van der Waals surface area contributed by atoms with Gasteiger partial charge in [-0.2, -0.15) is 5.10 Å². The van der Waals surface area contributed by atoms with Crippen molar-refractivity contribution in [3.63, 3.8) is 0 Å². The van der Waals surface area contributed by atoms with Gasteiger partial charge in [-0.3, -0.25) is 4.79 Å².